The van der Waals surface area contributed by atoms with E-state index in [9.17, 15) is 9.59 Å². The fourth-order valence-electron chi connectivity index (χ4n) is 2.70. The summed E-state index contributed by atoms with van der Waals surface area (Å²) in [7, 11) is 0. The summed E-state index contributed by atoms with van der Waals surface area (Å²) in [6.07, 6.45) is 4.12. The molecule has 0 aromatic carbocycles. The van der Waals surface area contributed by atoms with Crippen LogP contribution in [0.15, 0.2) is 0 Å². The molecule has 2 aliphatic rings. The van der Waals surface area contributed by atoms with E-state index in [2.05, 4.69) is 5.32 Å². The Hall–Kier alpha value is -0.710. The Balaban J connectivity index is 2.31. The molecule has 0 radical (unpaired) electrons. The van der Waals surface area contributed by atoms with E-state index in [1.165, 1.54) is 0 Å². The van der Waals surface area contributed by atoms with Crippen molar-refractivity contribution in [1.82, 2.24) is 10.2 Å². The minimum Gasteiger partial charge on any atom is -0.340 e. The molecule has 0 aromatic rings. The number of thioether (sulfide) groups is 1. The van der Waals surface area contributed by atoms with Gasteiger partial charge in [0, 0.05) is 12.3 Å². The van der Waals surface area contributed by atoms with Crippen LogP contribution in [0.2, 0.25) is 0 Å². The number of hydrogen-bond acceptors (Lipinski definition) is 3. The van der Waals surface area contributed by atoms with Crippen molar-refractivity contribution < 1.29 is 9.59 Å². The van der Waals surface area contributed by atoms with E-state index in [1.807, 2.05) is 18.1 Å². The summed E-state index contributed by atoms with van der Waals surface area (Å²) in [6.45, 7) is 6.15. The van der Waals surface area contributed by atoms with Crippen molar-refractivity contribution in [3.05, 3.63) is 0 Å². The van der Waals surface area contributed by atoms with Gasteiger partial charge in [0.1, 0.15) is 11.1 Å². The largest absolute Gasteiger partial charge is 0.340 e. The summed E-state index contributed by atoms with van der Waals surface area (Å²) >= 11 is 1.71. The van der Waals surface area contributed by atoms with Crippen molar-refractivity contribution in [2.45, 2.75) is 44.7 Å². The second kappa shape index (κ2) is 4.44. The fraction of sp³-hybridized carbons (Fsp3) is 0.846. The molecule has 1 saturated heterocycles. The van der Waals surface area contributed by atoms with E-state index in [4.69, 9.17) is 0 Å². The second-order valence-corrected chi connectivity index (χ2v) is 6.94. The van der Waals surface area contributed by atoms with Crippen LogP contribution in [-0.2, 0) is 9.59 Å². The maximum Gasteiger partial charge on any atom is 0.248 e. The van der Waals surface area contributed by atoms with Gasteiger partial charge in [0.05, 0.1) is 0 Å². The molecular formula is C13H22N2O2S. The van der Waals surface area contributed by atoms with Crippen LogP contribution < -0.4 is 5.32 Å². The number of piperazine rings is 1. The number of nitrogens with one attached hydrogen (secondary N) is 1. The first-order valence-corrected chi connectivity index (χ1v) is 7.87. The third-order valence-corrected chi connectivity index (χ3v) is 4.71. The van der Waals surface area contributed by atoms with Crippen LogP contribution in [0.4, 0.5) is 0 Å². The number of amides is 2. The zero-order valence-electron chi connectivity index (χ0n) is 11.6. The van der Waals surface area contributed by atoms with Gasteiger partial charge in [-0.25, -0.2) is 0 Å². The molecule has 2 fully saturated rings. The van der Waals surface area contributed by atoms with Crippen molar-refractivity contribution in [3.63, 3.8) is 0 Å². The third-order valence-electron chi connectivity index (χ3n) is 4.12. The van der Waals surface area contributed by atoms with Gasteiger partial charge in [-0.2, -0.15) is 11.8 Å². The van der Waals surface area contributed by atoms with Gasteiger partial charge in [-0.1, -0.05) is 0 Å². The number of carbonyl (C=O) groups is 2. The van der Waals surface area contributed by atoms with Crippen LogP contribution in [0.1, 0.15) is 33.6 Å². The molecule has 1 aliphatic heterocycles. The molecule has 0 aromatic heterocycles. The van der Waals surface area contributed by atoms with Gasteiger partial charge >= 0.3 is 0 Å². The monoisotopic (exact) mass is 270 g/mol. The molecule has 1 saturated carbocycles. The number of hydrogen-bond donors (Lipinski definition) is 1. The lowest BCUT2D eigenvalue weighted by atomic mass is 9.84. The first kappa shape index (κ1) is 13.7. The lowest BCUT2D eigenvalue weighted by Gasteiger charge is -2.49. The first-order chi connectivity index (χ1) is 8.34. The van der Waals surface area contributed by atoms with Crippen molar-refractivity contribution in [2.75, 3.05) is 18.6 Å². The van der Waals surface area contributed by atoms with Crippen molar-refractivity contribution in [2.24, 2.45) is 5.92 Å². The molecule has 0 spiro atoms. The first-order valence-electron chi connectivity index (χ1n) is 6.47. The highest BCUT2D eigenvalue weighted by Gasteiger charge is 2.58. The minimum atomic E-state index is -0.774. The number of nitrogens with zero attached hydrogens (tertiary/aromatic N) is 1. The predicted octanol–water partition coefficient (Wildman–Crippen LogP) is 1.26. The van der Waals surface area contributed by atoms with Gasteiger partial charge in [-0.05, 0) is 45.8 Å². The molecular weight excluding hydrogens is 248 g/mol. The topological polar surface area (TPSA) is 49.4 Å². The van der Waals surface area contributed by atoms with Crippen LogP contribution in [0, 0.1) is 5.92 Å². The summed E-state index contributed by atoms with van der Waals surface area (Å²) in [6, 6.07) is 0. The molecule has 5 heteroatoms. The highest BCUT2D eigenvalue weighted by molar-refractivity contribution is 7.98. The predicted molar refractivity (Wildman–Crippen MR) is 73.4 cm³/mol. The maximum absolute atomic E-state index is 12.5. The molecule has 2 rings (SSSR count). The second-order valence-electron chi connectivity index (χ2n) is 5.95. The molecule has 1 aliphatic carbocycles. The molecule has 1 atom stereocenters. The Morgan fingerprint density at radius 1 is 1.33 bits per heavy atom. The van der Waals surface area contributed by atoms with Gasteiger partial charge in [0.25, 0.3) is 0 Å². The van der Waals surface area contributed by atoms with Crippen molar-refractivity contribution in [1.29, 1.82) is 0 Å². The average molecular weight is 270 g/mol. The zero-order chi connectivity index (χ0) is 13.6. The third kappa shape index (κ3) is 2.02. The molecule has 2 amide bonds. The van der Waals surface area contributed by atoms with Gasteiger partial charge < -0.3 is 10.2 Å². The Morgan fingerprint density at radius 3 is 2.44 bits per heavy atom. The van der Waals surface area contributed by atoms with E-state index in [0.717, 1.165) is 18.6 Å². The van der Waals surface area contributed by atoms with Crippen LogP contribution in [0.3, 0.4) is 0 Å². The summed E-state index contributed by atoms with van der Waals surface area (Å²) < 4.78 is 0. The van der Waals surface area contributed by atoms with E-state index >= 15 is 0 Å². The van der Waals surface area contributed by atoms with Crippen molar-refractivity contribution in [3.8, 4) is 0 Å². The molecule has 1 unspecified atom stereocenters. The Bertz CT molecular complexity index is 379. The average Bonchev–Trinajstić information content (AvgIpc) is 3.10. The quantitative estimate of drug-likeness (QED) is 0.836. The summed E-state index contributed by atoms with van der Waals surface area (Å²) in [5.41, 5.74) is -1.41. The minimum absolute atomic E-state index is 0.00991. The number of rotatable bonds is 4. The van der Waals surface area contributed by atoms with E-state index in [0.29, 0.717) is 12.5 Å². The molecule has 18 heavy (non-hydrogen) atoms. The molecule has 1 heterocycles. The Morgan fingerprint density at radius 2 is 1.94 bits per heavy atom. The maximum atomic E-state index is 12.5. The van der Waals surface area contributed by atoms with E-state index in [-0.39, 0.29) is 11.8 Å². The van der Waals surface area contributed by atoms with Gasteiger partial charge in [0.15, 0.2) is 0 Å². The lowest BCUT2D eigenvalue weighted by molar-refractivity contribution is -0.161. The summed E-state index contributed by atoms with van der Waals surface area (Å²) in [5, 5.41) is 2.89. The van der Waals surface area contributed by atoms with Crippen LogP contribution in [-0.4, -0.2) is 46.3 Å². The Labute approximate surface area is 113 Å². The lowest BCUT2D eigenvalue weighted by Crippen LogP contribution is -2.74. The number of carbonyl (C=O) groups excluding carboxylic acids is 2. The highest BCUT2D eigenvalue weighted by atomic mass is 32.2. The standard InChI is InChI=1S/C13H22N2O2S/c1-12(2)11(17)15(7-8-18-4)13(3,9-5-6-9)10(16)14-12/h9H,5-8H2,1-4H3,(H,14,16). The molecule has 4 nitrogen and oxygen atoms in total. The van der Waals surface area contributed by atoms with Crippen molar-refractivity contribution >= 4 is 23.6 Å². The smallest absolute Gasteiger partial charge is 0.248 e. The Kier molecular flexibility index (Phi) is 3.38. The SMILES string of the molecule is CSCCN1C(=O)C(C)(C)NC(=O)C1(C)C1CC1. The van der Waals surface area contributed by atoms with Gasteiger partial charge in [0.2, 0.25) is 11.8 Å². The van der Waals surface area contributed by atoms with Gasteiger partial charge in [-0.3, -0.25) is 9.59 Å². The summed E-state index contributed by atoms with van der Waals surface area (Å²) in [5.74, 6) is 1.26. The highest BCUT2D eigenvalue weighted by Crippen LogP contribution is 2.45. The van der Waals surface area contributed by atoms with Crippen LogP contribution in [0.25, 0.3) is 0 Å². The normalized spacial score (nSPS) is 31.4. The fourth-order valence-corrected chi connectivity index (χ4v) is 3.07. The molecule has 1 N–H and O–H groups in total. The zero-order valence-corrected chi connectivity index (χ0v) is 12.4. The molecule has 0 bridgehead atoms. The summed E-state index contributed by atoms with van der Waals surface area (Å²) in [4.78, 5) is 26.8. The van der Waals surface area contributed by atoms with E-state index in [1.54, 1.807) is 25.6 Å². The van der Waals surface area contributed by atoms with Crippen LogP contribution >= 0.6 is 11.8 Å². The van der Waals surface area contributed by atoms with E-state index < -0.39 is 11.1 Å². The van der Waals surface area contributed by atoms with Crippen LogP contribution in [0.5, 0.6) is 0 Å². The van der Waals surface area contributed by atoms with Gasteiger partial charge in [-0.15, -0.1) is 0 Å². The molecule has 102 valence electrons.